The summed E-state index contributed by atoms with van der Waals surface area (Å²) >= 11 is 0. The molecule has 2 unspecified atom stereocenters. The Morgan fingerprint density at radius 1 is 1.35 bits per heavy atom. The molecule has 1 aliphatic carbocycles. The lowest BCUT2D eigenvalue weighted by Crippen LogP contribution is -2.33. The molecule has 1 heterocycles. The number of rotatable bonds is 3. The number of carbonyl (C=O) groups excluding carboxylic acids is 3. The summed E-state index contributed by atoms with van der Waals surface area (Å²) in [5, 5.41) is 0. The summed E-state index contributed by atoms with van der Waals surface area (Å²) < 4.78 is 13.7. The monoisotopic (exact) mass is 277 g/mol. The molecule has 1 saturated heterocycles. The number of halogens is 1. The number of nitrogens with zero attached hydrogens (tertiary/aromatic N) is 1. The molecule has 3 rings (SSSR count). The number of hydrogen-bond donors (Lipinski definition) is 2. The van der Waals surface area contributed by atoms with Gasteiger partial charge in [0.15, 0.2) is 0 Å². The molecular formula is C13H12FN3O3. The quantitative estimate of drug-likeness (QED) is 0.350. The van der Waals surface area contributed by atoms with E-state index in [9.17, 15) is 18.8 Å². The first-order valence-corrected chi connectivity index (χ1v) is 6.17. The van der Waals surface area contributed by atoms with E-state index in [4.69, 9.17) is 5.84 Å². The standard InChI is InChI=1S/C13H12FN3O3/c14-10-2-1-6(11(18)16-15)3-7(10)5-17-12(19)8-4-9(8)13(17)20/h1-3,8-9H,4-5,15H2,(H,16,18). The molecule has 104 valence electrons. The highest BCUT2D eigenvalue weighted by Crippen LogP contribution is 2.47. The molecule has 1 aromatic carbocycles. The maximum atomic E-state index is 13.7. The Balaban J connectivity index is 1.85. The molecule has 2 fully saturated rings. The first-order chi connectivity index (χ1) is 9.52. The molecule has 1 saturated carbocycles. The molecule has 0 aromatic heterocycles. The Kier molecular flexibility index (Phi) is 2.79. The van der Waals surface area contributed by atoms with Gasteiger partial charge in [-0.15, -0.1) is 0 Å². The van der Waals surface area contributed by atoms with Gasteiger partial charge in [-0.2, -0.15) is 0 Å². The van der Waals surface area contributed by atoms with Crippen molar-refractivity contribution >= 4 is 17.7 Å². The van der Waals surface area contributed by atoms with Gasteiger partial charge >= 0.3 is 0 Å². The van der Waals surface area contributed by atoms with Crippen molar-refractivity contribution in [2.45, 2.75) is 13.0 Å². The molecule has 20 heavy (non-hydrogen) atoms. The lowest BCUT2D eigenvalue weighted by Gasteiger charge is -2.17. The maximum Gasteiger partial charge on any atom is 0.265 e. The number of piperidine rings is 1. The Bertz CT molecular complexity index is 611. The van der Waals surface area contributed by atoms with E-state index in [1.807, 2.05) is 5.43 Å². The van der Waals surface area contributed by atoms with Crippen molar-refractivity contribution in [3.63, 3.8) is 0 Å². The van der Waals surface area contributed by atoms with Gasteiger partial charge in [0, 0.05) is 11.1 Å². The van der Waals surface area contributed by atoms with Crippen LogP contribution in [0.1, 0.15) is 22.3 Å². The summed E-state index contributed by atoms with van der Waals surface area (Å²) in [5.74, 6) is 2.93. The van der Waals surface area contributed by atoms with E-state index in [1.165, 1.54) is 12.1 Å². The fraction of sp³-hybridized carbons (Fsp3) is 0.308. The van der Waals surface area contributed by atoms with Crippen LogP contribution in [0.2, 0.25) is 0 Å². The van der Waals surface area contributed by atoms with Crippen molar-refractivity contribution in [1.29, 1.82) is 0 Å². The summed E-state index contributed by atoms with van der Waals surface area (Å²) in [5.41, 5.74) is 2.24. The number of carbonyl (C=O) groups is 3. The number of amides is 3. The van der Waals surface area contributed by atoms with Gasteiger partial charge in [0.2, 0.25) is 11.8 Å². The second kappa shape index (κ2) is 4.38. The first-order valence-electron chi connectivity index (χ1n) is 6.17. The Morgan fingerprint density at radius 2 is 2.00 bits per heavy atom. The van der Waals surface area contributed by atoms with Gasteiger partial charge in [0.25, 0.3) is 5.91 Å². The number of imide groups is 1. The zero-order valence-electron chi connectivity index (χ0n) is 10.4. The van der Waals surface area contributed by atoms with Crippen LogP contribution in [0.4, 0.5) is 4.39 Å². The summed E-state index contributed by atoms with van der Waals surface area (Å²) in [7, 11) is 0. The van der Waals surface area contributed by atoms with Crippen LogP contribution in [-0.4, -0.2) is 22.6 Å². The summed E-state index contributed by atoms with van der Waals surface area (Å²) in [6.45, 7) is -0.151. The van der Waals surface area contributed by atoms with Crippen molar-refractivity contribution in [3.8, 4) is 0 Å². The van der Waals surface area contributed by atoms with Crippen LogP contribution in [0.3, 0.4) is 0 Å². The predicted octanol–water partition coefficient (Wildman–Crippen LogP) is -0.0659. The fourth-order valence-electron chi connectivity index (χ4n) is 2.50. The molecule has 3 N–H and O–H groups in total. The van der Waals surface area contributed by atoms with Crippen LogP contribution in [0.15, 0.2) is 18.2 Å². The normalized spacial score (nSPS) is 23.8. The summed E-state index contributed by atoms with van der Waals surface area (Å²) in [6, 6.07) is 3.69. The van der Waals surface area contributed by atoms with Crippen LogP contribution < -0.4 is 11.3 Å². The summed E-state index contributed by atoms with van der Waals surface area (Å²) in [6.07, 6.45) is 0.603. The minimum atomic E-state index is -0.570. The highest BCUT2D eigenvalue weighted by Gasteiger charge is 2.58. The predicted molar refractivity (Wildman–Crippen MR) is 65.2 cm³/mol. The average molecular weight is 277 g/mol. The lowest BCUT2D eigenvalue weighted by atomic mass is 10.1. The van der Waals surface area contributed by atoms with Crippen LogP contribution in [0.25, 0.3) is 0 Å². The van der Waals surface area contributed by atoms with E-state index in [1.54, 1.807) is 0 Å². The number of hydrazine groups is 1. The van der Waals surface area contributed by atoms with Gasteiger partial charge in [0.05, 0.1) is 18.4 Å². The van der Waals surface area contributed by atoms with Crippen molar-refractivity contribution in [1.82, 2.24) is 10.3 Å². The van der Waals surface area contributed by atoms with Gasteiger partial charge < -0.3 is 0 Å². The number of nitrogen functional groups attached to an aromatic ring is 1. The number of nitrogens with two attached hydrogens (primary N) is 1. The topological polar surface area (TPSA) is 92.5 Å². The van der Waals surface area contributed by atoms with Gasteiger partial charge in [0.1, 0.15) is 5.82 Å². The van der Waals surface area contributed by atoms with E-state index in [2.05, 4.69) is 0 Å². The summed E-state index contributed by atoms with van der Waals surface area (Å²) in [4.78, 5) is 36.1. The molecule has 1 aromatic rings. The van der Waals surface area contributed by atoms with Crippen LogP contribution >= 0.6 is 0 Å². The lowest BCUT2D eigenvalue weighted by molar-refractivity contribution is -0.142. The van der Waals surface area contributed by atoms with Gasteiger partial charge in [-0.3, -0.25) is 24.7 Å². The number of likely N-dealkylation sites (tertiary alicyclic amines) is 1. The van der Waals surface area contributed by atoms with Gasteiger partial charge in [-0.1, -0.05) is 0 Å². The molecule has 6 nitrogen and oxygen atoms in total. The second-order valence-corrected chi connectivity index (χ2v) is 4.99. The first kappa shape index (κ1) is 12.7. The molecule has 3 amide bonds. The number of fused-ring (bicyclic) bond motifs is 1. The Morgan fingerprint density at radius 3 is 2.60 bits per heavy atom. The van der Waals surface area contributed by atoms with E-state index in [0.29, 0.717) is 6.42 Å². The number of hydrogen-bond acceptors (Lipinski definition) is 4. The van der Waals surface area contributed by atoms with Gasteiger partial charge in [-0.25, -0.2) is 10.2 Å². The molecule has 0 bridgehead atoms. The Labute approximate surface area is 113 Å². The fourth-order valence-corrected chi connectivity index (χ4v) is 2.50. The largest absolute Gasteiger partial charge is 0.290 e. The SMILES string of the molecule is NNC(=O)c1ccc(F)c(CN2C(=O)C3CC3C2=O)c1. The average Bonchev–Trinajstić information content (AvgIpc) is 3.20. The van der Waals surface area contributed by atoms with E-state index in [-0.39, 0.29) is 41.3 Å². The Hall–Kier alpha value is -2.28. The minimum absolute atomic E-state index is 0.120. The smallest absolute Gasteiger partial charge is 0.265 e. The van der Waals surface area contributed by atoms with Crippen molar-refractivity contribution < 1.29 is 18.8 Å². The van der Waals surface area contributed by atoms with E-state index >= 15 is 0 Å². The number of nitrogens with one attached hydrogen (secondary N) is 1. The van der Waals surface area contributed by atoms with Crippen LogP contribution in [0, 0.1) is 17.7 Å². The van der Waals surface area contributed by atoms with Gasteiger partial charge in [-0.05, 0) is 24.6 Å². The van der Waals surface area contributed by atoms with Crippen molar-refractivity contribution in [2.24, 2.45) is 17.7 Å². The molecule has 0 radical (unpaired) electrons. The zero-order chi connectivity index (χ0) is 14.4. The van der Waals surface area contributed by atoms with Crippen LogP contribution in [-0.2, 0) is 16.1 Å². The molecule has 1 aliphatic heterocycles. The molecule has 2 aliphatic rings. The minimum Gasteiger partial charge on any atom is -0.290 e. The van der Waals surface area contributed by atoms with Crippen LogP contribution in [0.5, 0.6) is 0 Å². The maximum absolute atomic E-state index is 13.7. The van der Waals surface area contributed by atoms with Crippen molar-refractivity contribution in [2.75, 3.05) is 0 Å². The second-order valence-electron chi connectivity index (χ2n) is 4.99. The third kappa shape index (κ3) is 1.87. The number of benzene rings is 1. The highest BCUT2D eigenvalue weighted by atomic mass is 19.1. The van der Waals surface area contributed by atoms with E-state index < -0.39 is 11.7 Å². The van der Waals surface area contributed by atoms with E-state index in [0.717, 1.165) is 11.0 Å². The molecule has 2 atom stereocenters. The van der Waals surface area contributed by atoms with Crippen molar-refractivity contribution in [3.05, 3.63) is 35.1 Å². The third-order valence-corrected chi connectivity index (χ3v) is 3.72. The molecule has 7 heteroatoms. The highest BCUT2D eigenvalue weighted by molar-refractivity contribution is 6.08. The molecule has 0 spiro atoms. The third-order valence-electron chi connectivity index (χ3n) is 3.72. The zero-order valence-corrected chi connectivity index (χ0v) is 10.4. The molecular weight excluding hydrogens is 265 g/mol.